The summed E-state index contributed by atoms with van der Waals surface area (Å²) in [6.07, 6.45) is 1.85. The molecule has 0 saturated heterocycles. The third-order valence-electron chi connectivity index (χ3n) is 2.83. The van der Waals surface area contributed by atoms with E-state index in [0.29, 0.717) is 25.3 Å². The maximum atomic E-state index is 13.7. The first kappa shape index (κ1) is 15.2. The first-order valence-electron chi connectivity index (χ1n) is 6.35. The Morgan fingerprint density at radius 2 is 2.25 bits per heavy atom. The first-order chi connectivity index (χ1) is 9.69. The van der Waals surface area contributed by atoms with Gasteiger partial charge >= 0.3 is 0 Å². The average Bonchev–Trinajstić information content (AvgIpc) is 2.87. The quantitative estimate of drug-likeness (QED) is 0.786. The monoisotopic (exact) mass is 341 g/mol. The largest absolute Gasteiger partial charge is 0.383 e. The lowest BCUT2D eigenvalue weighted by Crippen LogP contribution is -2.19. The van der Waals surface area contributed by atoms with Gasteiger partial charge < -0.3 is 10.1 Å². The molecule has 0 fully saturated rings. The number of methoxy groups -OCH3 is 1. The van der Waals surface area contributed by atoms with Crippen molar-refractivity contribution in [2.24, 2.45) is 0 Å². The summed E-state index contributed by atoms with van der Waals surface area (Å²) in [6.45, 7) is 2.55. The molecule has 108 valence electrons. The summed E-state index contributed by atoms with van der Waals surface area (Å²) >= 11 is 3.35. The first-order valence-corrected chi connectivity index (χ1v) is 7.14. The van der Waals surface area contributed by atoms with Crippen LogP contribution >= 0.6 is 15.9 Å². The van der Waals surface area contributed by atoms with Crippen molar-refractivity contribution in [2.45, 2.75) is 13.1 Å². The van der Waals surface area contributed by atoms with E-state index in [1.807, 2.05) is 12.3 Å². The van der Waals surface area contributed by atoms with Crippen LogP contribution in [0, 0.1) is 5.82 Å². The van der Waals surface area contributed by atoms with Crippen LogP contribution in [0.5, 0.6) is 0 Å². The molecular formula is C14H17BrFN3O. The second-order valence-corrected chi connectivity index (χ2v) is 5.33. The molecule has 0 saturated carbocycles. The van der Waals surface area contributed by atoms with Crippen LogP contribution in [0.25, 0.3) is 0 Å². The van der Waals surface area contributed by atoms with Crippen LogP contribution in [0.1, 0.15) is 11.3 Å². The smallest absolute Gasteiger partial charge is 0.128 e. The molecule has 2 rings (SSSR count). The van der Waals surface area contributed by atoms with E-state index in [0.717, 1.165) is 16.7 Å². The minimum Gasteiger partial charge on any atom is -0.383 e. The number of hydrogen-bond donors (Lipinski definition) is 1. The number of benzene rings is 1. The van der Waals surface area contributed by atoms with Gasteiger partial charge in [-0.15, -0.1) is 0 Å². The number of nitrogens with zero attached hydrogens (tertiary/aromatic N) is 2. The van der Waals surface area contributed by atoms with Gasteiger partial charge in [-0.25, -0.2) is 4.39 Å². The van der Waals surface area contributed by atoms with E-state index in [4.69, 9.17) is 4.74 Å². The van der Waals surface area contributed by atoms with Gasteiger partial charge in [0.15, 0.2) is 0 Å². The minimum atomic E-state index is -0.219. The molecule has 1 N–H and O–H groups in total. The normalized spacial score (nSPS) is 10.9. The molecule has 1 heterocycles. The standard InChI is InChI=1S/C14H17BrFN3O/c1-20-7-5-17-9-13-4-6-19(18-13)10-11-8-12(15)2-3-14(11)16/h2-4,6,8,17H,5,7,9-10H2,1H3. The molecule has 0 spiro atoms. The number of aromatic nitrogens is 2. The lowest BCUT2D eigenvalue weighted by Gasteiger charge is -2.05. The Labute approximate surface area is 126 Å². The van der Waals surface area contributed by atoms with Crippen molar-refractivity contribution in [3.05, 3.63) is 52.0 Å². The van der Waals surface area contributed by atoms with Crippen molar-refractivity contribution in [3.8, 4) is 0 Å². The van der Waals surface area contributed by atoms with Crippen LogP contribution in [0.4, 0.5) is 4.39 Å². The summed E-state index contributed by atoms with van der Waals surface area (Å²) in [4.78, 5) is 0. The highest BCUT2D eigenvalue weighted by atomic mass is 79.9. The van der Waals surface area contributed by atoms with E-state index in [9.17, 15) is 4.39 Å². The van der Waals surface area contributed by atoms with Crippen molar-refractivity contribution in [2.75, 3.05) is 20.3 Å². The molecule has 4 nitrogen and oxygen atoms in total. The molecule has 0 radical (unpaired) electrons. The molecule has 0 aliphatic carbocycles. The second-order valence-electron chi connectivity index (χ2n) is 4.41. The van der Waals surface area contributed by atoms with Gasteiger partial charge in [0, 0.05) is 36.4 Å². The van der Waals surface area contributed by atoms with Gasteiger partial charge in [-0.3, -0.25) is 4.68 Å². The minimum absolute atomic E-state index is 0.219. The van der Waals surface area contributed by atoms with Crippen LogP contribution in [0.2, 0.25) is 0 Å². The molecule has 0 unspecified atom stereocenters. The highest BCUT2D eigenvalue weighted by Gasteiger charge is 2.05. The Morgan fingerprint density at radius 1 is 1.40 bits per heavy atom. The second kappa shape index (κ2) is 7.52. The van der Waals surface area contributed by atoms with Crippen molar-refractivity contribution in [3.63, 3.8) is 0 Å². The summed E-state index contributed by atoms with van der Waals surface area (Å²) < 4.78 is 21.2. The van der Waals surface area contributed by atoms with Crippen LogP contribution in [-0.4, -0.2) is 30.0 Å². The van der Waals surface area contributed by atoms with E-state index in [2.05, 4.69) is 26.3 Å². The van der Waals surface area contributed by atoms with E-state index in [-0.39, 0.29) is 5.82 Å². The van der Waals surface area contributed by atoms with Crippen molar-refractivity contribution < 1.29 is 9.13 Å². The molecule has 2 aromatic rings. The van der Waals surface area contributed by atoms with Crippen LogP contribution in [-0.2, 0) is 17.8 Å². The number of nitrogens with one attached hydrogen (secondary N) is 1. The maximum absolute atomic E-state index is 13.7. The summed E-state index contributed by atoms with van der Waals surface area (Å²) in [5, 5.41) is 7.62. The van der Waals surface area contributed by atoms with E-state index >= 15 is 0 Å². The lowest BCUT2D eigenvalue weighted by atomic mass is 10.2. The summed E-state index contributed by atoms with van der Waals surface area (Å²) in [5.74, 6) is -0.219. The van der Waals surface area contributed by atoms with Gasteiger partial charge in [-0.2, -0.15) is 5.10 Å². The van der Waals surface area contributed by atoms with Crippen molar-refractivity contribution >= 4 is 15.9 Å². The van der Waals surface area contributed by atoms with Gasteiger partial charge in [0.2, 0.25) is 0 Å². The zero-order valence-electron chi connectivity index (χ0n) is 11.3. The summed E-state index contributed by atoms with van der Waals surface area (Å²) in [5.41, 5.74) is 1.54. The van der Waals surface area contributed by atoms with Gasteiger partial charge in [-0.1, -0.05) is 15.9 Å². The molecule has 0 amide bonds. The zero-order valence-corrected chi connectivity index (χ0v) is 12.9. The zero-order chi connectivity index (χ0) is 14.4. The molecule has 0 bridgehead atoms. The molecular weight excluding hydrogens is 325 g/mol. The summed E-state index contributed by atoms with van der Waals surface area (Å²) in [6, 6.07) is 6.84. The fourth-order valence-corrected chi connectivity index (χ4v) is 2.22. The topological polar surface area (TPSA) is 39.1 Å². The molecule has 6 heteroatoms. The van der Waals surface area contributed by atoms with E-state index in [1.54, 1.807) is 23.9 Å². The van der Waals surface area contributed by atoms with E-state index in [1.165, 1.54) is 6.07 Å². The molecule has 0 aliphatic rings. The van der Waals surface area contributed by atoms with Gasteiger partial charge in [0.25, 0.3) is 0 Å². The molecule has 0 aliphatic heterocycles. The third kappa shape index (κ3) is 4.40. The SMILES string of the molecule is COCCNCc1ccn(Cc2cc(Br)ccc2F)n1. The van der Waals surface area contributed by atoms with E-state index < -0.39 is 0 Å². The number of hydrogen-bond acceptors (Lipinski definition) is 3. The van der Waals surface area contributed by atoms with Crippen molar-refractivity contribution in [1.29, 1.82) is 0 Å². The Hall–Kier alpha value is -1.24. The fraction of sp³-hybridized carbons (Fsp3) is 0.357. The van der Waals surface area contributed by atoms with Crippen LogP contribution in [0.15, 0.2) is 34.9 Å². The number of ether oxygens (including phenoxy) is 1. The number of rotatable bonds is 7. The molecule has 1 aromatic heterocycles. The summed E-state index contributed by atoms with van der Waals surface area (Å²) in [7, 11) is 1.67. The lowest BCUT2D eigenvalue weighted by molar-refractivity contribution is 0.199. The molecule has 0 atom stereocenters. The Morgan fingerprint density at radius 3 is 3.05 bits per heavy atom. The number of halogens is 2. The van der Waals surface area contributed by atoms with Gasteiger partial charge in [0.05, 0.1) is 18.8 Å². The Kier molecular flexibility index (Phi) is 5.70. The fourth-order valence-electron chi connectivity index (χ4n) is 1.82. The Bertz CT molecular complexity index is 559. The Balaban J connectivity index is 1.93. The predicted octanol–water partition coefficient (Wildman–Crippen LogP) is 2.57. The van der Waals surface area contributed by atoms with Crippen molar-refractivity contribution in [1.82, 2.24) is 15.1 Å². The van der Waals surface area contributed by atoms with Crippen LogP contribution < -0.4 is 5.32 Å². The van der Waals surface area contributed by atoms with Gasteiger partial charge in [-0.05, 0) is 24.3 Å². The maximum Gasteiger partial charge on any atom is 0.128 e. The predicted molar refractivity (Wildman–Crippen MR) is 79.0 cm³/mol. The third-order valence-corrected chi connectivity index (χ3v) is 3.32. The highest BCUT2D eigenvalue weighted by molar-refractivity contribution is 9.10. The van der Waals surface area contributed by atoms with Crippen LogP contribution in [0.3, 0.4) is 0 Å². The highest BCUT2D eigenvalue weighted by Crippen LogP contribution is 2.16. The molecule has 1 aromatic carbocycles. The average molecular weight is 342 g/mol. The van der Waals surface area contributed by atoms with Gasteiger partial charge in [0.1, 0.15) is 5.82 Å². The molecule has 20 heavy (non-hydrogen) atoms.